The SMILES string of the molecule is Cc1nn(C)c(C)c1[C@@H]1CC(=O)Nc2c1c(=O)[nH]n2C1CCCCC1. The zero-order chi connectivity index (χ0) is 17.7. The summed E-state index contributed by atoms with van der Waals surface area (Å²) in [5.41, 5.74) is 3.49. The lowest BCUT2D eigenvalue weighted by Crippen LogP contribution is -2.28. The molecule has 1 atom stereocenters. The first-order valence-corrected chi connectivity index (χ1v) is 9.11. The minimum absolute atomic E-state index is 0.0382. The third-order valence-electron chi connectivity index (χ3n) is 5.81. The van der Waals surface area contributed by atoms with Gasteiger partial charge in [-0.3, -0.25) is 24.1 Å². The number of aryl methyl sites for hydroxylation is 2. The van der Waals surface area contributed by atoms with E-state index >= 15 is 0 Å². The number of carbonyl (C=O) groups is 1. The number of aromatic amines is 1. The Hall–Kier alpha value is -2.31. The Morgan fingerprint density at radius 2 is 1.80 bits per heavy atom. The van der Waals surface area contributed by atoms with Gasteiger partial charge in [0.2, 0.25) is 5.91 Å². The molecule has 1 fully saturated rings. The minimum atomic E-state index is -0.231. The average Bonchev–Trinajstić information content (AvgIpc) is 3.04. The summed E-state index contributed by atoms with van der Waals surface area (Å²) < 4.78 is 3.74. The van der Waals surface area contributed by atoms with Crippen molar-refractivity contribution in [3.8, 4) is 0 Å². The predicted octanol–water partition coefficient (Wildman–Crippen LogP) is 2.51. The summed E-state index contributed by atoms with van der Waals surface area (Å²) in [7, 11) is 1.90. The van der Waals surface area contributed by atoms with Crippen LogP contribution in [0.1, 0.15) is 73.0 Å². The quantitative estimate of drug-likeness (QED) is 0.878. The van der Waals surface area contributed by atoms with Gasteiger partial charge in [0.25, 0.3) is 5.56 Å². The second-order valence-electron chi connectivity index (χ2n) is 7.38. The van der Waals surface area contributed by atoms with E-state index in [4.69, 9.17) is 0 Å². The first-order valence-electron chi connectivity index (χ1n) is 9.11. The number of H-pyrrole nitrogens is 1. The van der Waals surface area contributed by atoms with Gasteiger partial charge in [-0.05, 0) is 26.7 Å². The minimum Gasteiger partial charge on any atom is -0.311 e. The van der Waals surface area contributed by atoms with Crippen LogP contribution in [0.15, 0.2) is 4.79 Å². The van der Waals surface area contributed by atoms with Crippen LogP contribution >= 0.6 is 0 Å². The molecule has 0 unspecified atom stereocenters. The summed E-state index contributed by atoms with van der Waals surface area (Å²) >= 11 is 0. The topological polar surface area (TPSA) is 84.7 Å². The highest BCUT2D eigenvalue weighted by atomic mass is 16.2. The van der Waals surface area contributed by atoms with Crippen LogP contribution in [0.2, 0.25) is 0 Å². The zero-order valence-corrected chi connectivity index (χ0v) is 15.1. The summed E-state index contributed by atoms with van der Waals surface area (Å²) in [6.07, 6.45) is 5.95. The summed E-state index contributed by atoms with van der Waals surface area (Å²) in [5.74, 6) is 0.399. The highest BCUT2D eigenvalue weighted by molar-refractivity contribution is 5.94. The van der Waals surface area contributed by atoms with Gasteiger partial charge in [-0.25, -0.2) is 0 Å². The van der Waals surface area contributed by atoms with E-state index in [0.717, 1.165) is 42.6 Å². The lowest BCUT2D eigenvalue weighted by molar-refractivity contribution is -0.116. The average molecular weight is 343 g/mol. The zero-order valence-electron chi connectivity index (χ0n) is 15.1. The Kier molecular flexibility index (Phi) is 3.81. The van der Waals surface area contributed by atoms with E-state index in [1.807, 2.05) is 30.3 Å². The number of rotatable bonds is 2. The Bertz CT molecular complexity index is 882. The molecule has 7 nitrogen and oxygen atoms in total. The standard InChI is InChI=1S/C18H25N5O2/c1-10-15(11(2)22(3)20-10)13-9-14(24)19-17-16(13)18(25)21-23(17)12-7-5-4-6-8-12/h12-13H,4-9H2,1-3H3,(H,19,24)(H,21,25)/t13-/m0/s1. The van der Waals surface area contributed by atoms with Crippen molar-refractivity contribution >= 4 is 11.7 Å². The maximum atomic E-state index is 12.8. The van der Waals surface area contributed by atoms with Crippen molar-refractivity contribution in [2.45, 2.75) is 64.3 Å². The van der Waals surface area contributed by atoms with Gasteiger partial charge in [0.1, 0.15) is 5.82 Å². The number of anilines is 1. The molecule has 2 aromatic heterocycles. The van der Waals surface area contributed by atoms with Crippen molar-refractivity contribution in [3.63, 3.8) is 0 Å². The fourth-order valence-electron chi connectivity index (χ4n) is 4.54. The number of hydrogen-bond acceptors (Lipinski definition) is 3. The van der Waals surface area contributed by atoms with E-state index in [0.29, 0.717) is 11.4 Å². The van der Waals surface area contributed by atoms with Gasteiger partial charge in [0, 0.05) is 30.6 Å². The monoisotopic (exact) mass is 343 g/mol. The van der Waals surface area contributed by atoms with Crippen molar-refractivity contribution in [3.05, 3.63) is 32.9 Å². The number of hydrogen-bond donors (Lipinski definition) is 2. The molecule has 0 aromatic carbocycles. The van der Waals surface area contributed by atoms with Gasteiger partial charge in [0.15, 0.2) is 0 Å². The van der Waals surface area contributed by atoms with Gasteiger partial charge in [-0.1, -0.05) is 19.3 Å². The Labute approximate surface area is 146 Å². The largest absolute Gasteiger partial charge is 0.311 e. The molecule has 3 heterocycles. The smallest absolute Gasteiger partial charge is 0.270 e. The molecule has 0 spiro atoms. The van der Waals surface area contributed by atoms with Crippen LogP contribution in [0, 0.1) is 13.8 Å². The summed E-state index contributed by atoms with van der Waals surface area (Å²) in [4.78, 5) is 25.2. The van der Waals surface area contributed by atoms with E-state index in [-0.39, 0.29) is 29.8 Å². The molecule has 25 heavy (non-hydrogen) atoms. The van der Waals surface area contributed by atoms with Crippen LogP contribution in [0.3, 0.4) is 0 Å². The molecular weight excluding hydrogens is 318 g/mol. The molecule has 0 saturated heterocycles. The van der Waals surface area contributed by atoms with E-state index in [2.05, 4.69) is 15.5 Å². The lowest BCUT2D eigenvalue weighted by Gasteiger charge is -2.28. The first-order chi connectivity index (χ1) is 12.0. The normalized spacial score (nSPS) is 21.2. The van der Waals surface area contributed by atoms with Gasteiger partial charge in [0.05, 0.1) is 17.3 Å². The van der Waals surface area contributed by atoms with Crippen molar-refractivity contribution in [2.75, 3.05) is 5.32 Å². The fourth-order valence-corrected chi connectivity index (χ4v) is 4.54. The van der Waals surface area contributed by atoms with Crippen molar-refractivity contribution < 1.29 is 4.79 Å². The highest BCUT2D eigenvalue weighted by Crippen LogP contribution is 2.40. The summed E-state index contributed by atoms with van der Waals surface area (Å²) in [6, 6.07) is 0.264. The third kappa shape index (κ3) is 2.53. The van der Waals surface area contributed by atoms with Gasteiger partial charge >= 0.3 is 0 Å². The molecule has 1 amide bonds. The molecule has 7 heteroatoms. The number of carbonyl (C=O) groups excluding carboxylic acids is 1. The van der Waals surface area contributed by atoms with Crippen molar-refractivity contribution in [1.29, 1.82) is 0 Å². The molecule has 1 aliphatic heterocycles. The van der Waals surface area contributed by atoms with E-state index < -0.39 is 0 Å². The maximum absolute atomic E-state index is 12.8. The molecular formula is C18H25N5O2. The molecule has 0 bridgehead atoms. The molecule has 2 aliphatic rings. The Morgan fingerprint density at radius 1 is 1.08 bits per heavy atom. The molecule has 1 aliphatic carbocycles. The van der Waals surface area contributed by atoms with Crippen molar-refractivity contribution in [2.24, 2.45) is 7.05 Å². The molecule has 0 radical (unpaired) electrons. The highest BCUT2D eigenvalue weighted by Gasteiger charge is 2.36. The number of fused-ring (bicyclic) bond motifs is 1. The number of nitrogens with zero attached hydrogens (tertiary/aromatic N) is 3. The summed E-state index contributed by atoms with van der Waals surface area (Å²) in [6.45, 7) is 3.94. The maximum Gasteiger partial charge on any atom is 0.270 e. The van der Waals surface area contributed by atoms with Crippen LogP contribution in [-0.4, -0.2) is 25.5 Å². The molecule has 2 aromatic rings. The fraction of sp³-hybridized carbons (Fsp3) is 0.611. The van der Waals surface area contributed by atoms with E-state index in [1.54, 1.807) is 0 Å². The van der Waals surface area contributed by atoms with Crippen LogP contribution in [0.4, 0.5) is 5.82 Å². The molecule has 2 N–H and O–H groups in total. The molecule has 4 rings (SSSR count). The van der Waals surface area contributed by atoms with Crippen LogP contribution in [0.5, 0.6) is 0 Å². The Morgan fingerprint density at radius 3 is 2.44 bits per heavy atom. The van der Waals surface area contributed by atoms with Gasteiger partial charge in [-0.2, -0.15) is 5.10 Å². The van der Waals surface area contributed by atoms with Crippen LogP contribution in [-0.2, 0) is 11.8 Å². The van der Waals surface area contributed by atoms with Gasteiger partial charge < -0.3 is 5.32 Å². The molecule has 1 saturated carbocycles. The van der Waals surface area contributed by atoms with Crippen LogP contribution in [0.25, 0.3) is 0 Å². The number of aromatic nitrogens is 4. The van der Waals surface area contributed by atoms with Crippen molar-refractivity contribution in [1.82, 2.24) is 19.6 Å². The second-order valence-corrected chi connectivity index (χ2v) is 7.38. The number of amides is 1. The van der Waals surface area contributed by atoms with Crippen LogP contribution < -0.4 is 10.9 Å². The summed E-state index contributed by atoms with van der Waals surface area (Å²) in [5, 5.41) is 10.4. The predicted molar refractivity (Wildman–Crippen MR) is 94.9 cm³/mol. The lowest BCUT2D eigenvalue weighted by atomic mass is 9.85. The Balaban J connectivity index is 1.85. The molecule has 134 valence electrons. The number of nitrogens with one attached hydrogen (secondary N) is 2. The first kappa shape index (κ1) is 16.2. The second kappa shape index (κ2) is 5.89. The van der Waals surface area contributed by atoms with E-state index in [1.165, 1.54) is 6.42 Å². The third-order valence-corrected chi connectivity index (χ3v) is 5.81. The van der Waals surface area contributed by atoms with Gasteiger partial charge in [-0.15, -0.1) is 0 Å². The van der Waals surface area contributed by atoms with E-state index in [9.17, 15) is 9.59 Å².